The molecule has 1 amide bonds. The van der Waals surface area contributed by atoms with Gasteiger partial charge in [-0.05, 0) is 25.1 Å². The molecule has 2 aromatic rings. The van der Waals surface area contributed by atoms with Gasteiger partial charge in [0.25, 0.3) is 0 Å². The number of nitrogens with one attached hydrogen (secondary N) is 2. The third-order valence-corrected chi connectivity index (χ3v) is 3.62. The van der Waals surface area contributed by atoms with Gasteiger partial charge in [0.2, 0.25) is 5.91 Å². The molecule has 0 spiro atoms. The van der Waals surface area contributed by atoms with E-state index in [2.05, 4.69) is 15.6 Å². The molecular formula is C11H11N3OS. The molecule has 1 atom stereocenters. The summed E-state index contributed by atoms with van der Waals surface area (Å²) in [4.78, 5) is 16.0. The monoisotopic (exact) mass is 233 g/mol. The lowest BCUT2D eigenvalue weighted by molar-refractivity contribution is -0.119. The molecule has 1 aromatic heterocycles. The molecule has 0 unspecified atom stereocenters. The van der Waals surface area contributed by atoms with Crippen molar-refractivity contribution >= 4 is 32.6 Å². The van der Waals surface area contributed by atoms with Gasteiger partial charge >= 0.3 is 0 Å². The van der Waals surface area contributed by atoms with Gasteiger partial charge in [-0.1, -0.05) is 23.5 Å². The molecule has 0 saturated carbocycles. The molecule has 0 aliphatic carbocycles. The first-order valence-electron chi connectivity index (χ1n) is 5.23. The molecular weight excluding hydrogens is 222 g/mol. The molecule has 3 rings (SSSR count). The summed E-state index contributed by atoms with van der Waals surface area (Å²) >= 11 is 1.51. The predicted molar refractivity (Wildman–Crippen MR) is 64.7 cm³/mol. The second-order valence-electron chi connectivity index (χ2n) is 3.77. The highest BCUT2D eigenvalue weighted by Crippen LogP contribution is 2.25. The van der Waals surface area contributed by atoms with Crippen LogP contribution in [0.5, 0.6) is 0 Å². The summed E-state index contributed by atoms with van der Waals surface area (Å²) in [6.45, 7) is 0.929. The second kappa shape index (κ2) is 3.84. The minimum absolute atomic E-state index is 0.0188. The van der Waals surface area contributed by atoms with Crippen LogP contribution in [-0.4, -0.2) is 23.5 Å². The van der Waals surface area contributed by atoms with Gasteiger partial charge in [-0.15, -0.1) is 0 Å². The largest absolute Gasteiger partial charge is 0.306 e. The molecule has 82 valence electrons. The van der Waals surface area contributed by atoms with E-state index in [0.717, 1.165) is 23.2 Å². The summed E-state index contributed by atoms with van der Waals surface area (Å²) in [6, 6.07) is 7.83. The van der Waals surface area contributed by atoms with Gasteiger partial charge in [0.1, 0.15) is 0 Å². The Balaban J connectivity index is 1.80. The van der Waals surface area contributed by atoms with Crippen molar-refractivity contribution in [3.05, 3.63) is 24.3 Å². The Bertz CT molecular complexity index is 500. The van der Waals surface area contributed by atoms with Crippen LogP contribution in [0.25, 0.3) is 10.2 Å². The fraction of sp³-hybridized carbons (Fsp3) is 0.273. The molecule has 5 heteroatoms. The number of para-hydroxylation sites is 1. The Hall–Kier alpha value is -1.46. The van der Waals surface area contributed by atoms with E-state index in [0.29, 0.717) is 5.13 Å². The third-order valence-electron chi connectivity index (χ3n) is 2.66. The highest BCUT2D eigenvalue weighted by Gasteiger charge is 2.24. The van der Waals surface area contributed by atoms with Crippen molar-refractivity contribution in [2.24, 2.45) is 0 Å². The van der Waals surface area contributed by atoms with Crippen molar-refractivity contribution in [1.29, 1.82) is 0 Å². The normalized spacial score (nSPS) is 19.4. The van der Waals surface area contributed by atoms with E-state index < -0.39 is 0 Å². The lowest BCUT2D eigenvalue weighted by Gasteiger charge is -2.25. The zero-order chi connectivity index (χ0) is 11.0. The number of anilines is 1. The van der Waals surface area contributed by atoms with Crippen molar-refractivity contribution in [1.82, 2.24) is 10.3 Å². The summed E-state index contributed by atoms with van der Waals surface area (Å²) in [5.41, 5.74) is 0.935. The zero-order valence-electron chi connectivity index (χ0n) is 8.56. The van der Waals surface area contributed by atoms with Crippen LogP contribution in [0.1, 0.15) is 6.42 Å². The molecule has 1 aromatic carbocycles. The zero-order valence-corrected chi connectivity index (χ0v) is 9.38. The lowest BCUT2D eigenvalue weighted by Crippen LogP contribution is -2.50. The highest BCUT2D eigenvalue weighted by atomic mass is 32.1. The number of amides is 1. The average Bonchev–Trinajstić information content (AvgIpc) is 2.56. The molecule has 2 heterocycles. The fourth-order valence-electron chi connectivity index (χ4n) is 1.63. The first-order chi connectivity index (χ1) is 7.83. The molecule has 2 N–H and O–H groups in total. The van der Waals surface area contributed by atoms with Crippen LogP contribution < -0.4 is 10.6 Å². The number of nitrogens with zero attached hydrogens (tertiary/aromatic N) is 1. The molecule has 1 aliphatic rings. The molecule has 1 aliphatic heterocycles. The smallest absolute Gasteiger partial charge is 0.243 e. The van der Waals surface area contributed by atoms with Crippen molar-refractivity contribution in [3.8, 4) is 0 Å². The predicted octanol–water partition coefficient (Wildman–Crippen LogP) is 1.60. The van der Waals surface area contributed by atoms with E-state index in [1.54, 1.807) is 0 Å². The summed E-state index contributed by atoms with van der Waals surface area (Å²) in [5, 5.41) is 6.58. The number of carbonyl (C=O) groups excluding carboxylic acids is 1. The highest BCUT2D eigenvalue weighted by molar-refractivity contribution is 7.22. The number of rotatable bonds is 2. The van der Waals surface area contributed by atoms with Crippen LogP contribution in [0, 0.1) is 0 Å². The van der Waals surface area contributed by atoms with E-state index in [4.69, 9.17) is 0 Å². The van der Waals surface area contributed by atoms with Crippen molar-refractivity contribution in [2.45, 2.75) is 12.5 Å². The summed E-state index contributed by atoms with van der Waals surface area (Å²) in [5.74, 6) is 0.0188. The number of hydrogen-bond acceptors (Lipinski definition) is 4. The van der Waals surface area contributed by atoms with Gasteiger partial charge in [0.05, 0.1) is 16.3 Å². The van der Waals surface area contributed by atoms with Crippen molar-refractivity contribution in [3.63, 3.8) is 0 Å². The molecule has 1 saturated heterocycles. The SMILES string of the molecule is O=C(Nc1nc2ccccc2s1)[C@@H]1CCN1. The van der Waals surface area contributed by atoms with Gasteiger partial charge in [0, 0.05) is 0 Å². The van der Waals surface area contributed by atoms with Crippen molar-refractivity contribution < 1.29 is 4.79 Å². The van der Waals surface area contributed by atoms with Gasteiger partial charge in [0.15, 0.2) is 5.13 Å². The Morgan fingerprint density at radius 1 is 1.50 bits per heavy atom. The molecule has 4 nitrogen and oxygen atoms in total. The van der Waals surface area contributed by atoms with Crippen LogP contribution in [0.3, 0.4) is 0 Å². The first kappa shape index (κ1) is 9.74. The number of benzene rings is 1. The first-order valence-corrected chi connectivity index (χ1v) is 6.04. The Kier molecular flexibility index (Phi) is 2.34. The van der Waals surface area contributed by atoms with Gasteiger partial charge < -0.3 is 10.6 Å². The molecule has 1 fully saturated rings. The van der Waals surface area contributed by atoms with Crippen LogP contribution in [0.2, 0.25) is 0 Å². The summed E-state index contributed by atoms with van der Waals surface area (Å²) in [7, 11) is 0. The van der Waals surface area contributed by atoms with Crippen LogP contribution in [0.15, 0.2) is 24.3 Å². The third kappa shape index (κ3) is 1.68. The molecule has 16 heavy (non-hydrogen) atoms. The van der Waals surface area contributed by atoms with E-state index in [1.807, 2.05) is 24.3 Å². The number of carbonyl (C=O) groups is 1. The van der Waals surface area contributed by atoms with Gasteiger partial charge in [-0.2, -0.15) is 0 Å². The maximum Gasteiger partial charge on any atom is 0.243 e. The van der Waals surface area contributed by atoms with E-state index in [1.165, 1.54) is 11.3 Å². The maximum absolute atomic E-state index is 11.7. The number of fused-ring (bicyclic) bond motifs is 1. The number of thiazole rings is 1. The minimum atomic E-state index is -0.0352. The lowest BCUT2D eigenvalue weighted by atomic mass is 10.1. The van der Waals surface area contributed by atoms with E-state index in [9.17, 15) is 4.79 Å². The minimum Gasteiger partial charge on any atom is -0.306 e. The number of hydrogen-bond donors (Lipinski definition) is 2. The van der Waals surface area contributed by atoms with Gasteiger partial charge in [-0.3, -0.25) is 4.79 Å². The standard InChI is InChI=1S/C11H11N3OS/c15-10(8-5-6-12-8)14-11-13-7-3-1-2-4-9(7)16-11/h1-4,8,12H,5-6H2,(H,13,14,15)/t8-/m0/s1. The maximum atomic E-state index is 11.7. The van der Waals surface area contributed by atoms with Crippen LogP contribution >= 0.6 is 11.3 Å². The van der Waals surface area contributed by atoms with E-state index >= 15 is 0 Å². The average molecular weight is 233 g/mol. The molecule has 0 radical (unpaired) electrons. The van der Waals surface area contributed by atoms with Crippen molar-refractivity contribution in [2.75, 3.05) is 11.9 Å². The van der Waals surface area contributed by atoms with Crippen LogP contribution in [0.4, 0.5) is 5.13 Å². The quantitative estimate of drug-likeness (QED) is 0.828. The summed E-state index contributed by atoms with van der Waals surface area (Å²) < 4.78 is 1.10. The van der Waals surface area contributed by atoms with Gasteiger partial charge in [-0.25, -0.2) is 4.98 Å². The number of aromatic nitrogens is 1. The molecule has 0 bridgehead atoms. The summed E-state index contributed by atoms with van der Waals surface area (Å²) in [6.07, 6.45) is 0.913. The fourth-order valence-corrected chi connectivity index (χ4v) is 2.50. The Morgan fingerprint density at radius 3 is 3.00 bits per heavy atom. The second-order valence-corrected chi connectivity index (χ2v) is 4.80. The van der Waals surface area contributed by atoms with E-state index in [-0.39, 0.29) is 11.9 Å². The Labute approximate surface area is 96.7 Å². The topological polar surface area (TPSA) is 54.0 Å². The Morgan fingerprint density at radius 2 is 2.31 bits per heavy atom. The van der Waals surface area contributed by atoms with Crippen LogP contribution in [-0.2, 0) is 4.79 Å².